The normalized spacial score (nSPS) is 7.37. The Kier molecular flexibility index (Phi) is 29.5. The maximum absolute atomic E-state index is 7.13. The minimum atomic E-state index is 0. The smallest absolute Gasteiger partial charge is 0.696 e. The predicted molar refractivity (Wildman–Crippen MR) is 142 cm³/mol. The van der Waals surface area contributed by atoms with Crippen LogP contribution in [-0.2, 0) is 42.0 Å². The number of aromatic nitrogens is 4. The van der Waals surface area contributed by atoms with Gasteiger partial charge in [0.2, 0.25) is 0 Å². The van der Waals surface area contributed by atoms with Gasteiger partial charge >= 0.3 is 16.8 Å². The second-order valence-electron chi connectivity index (χ2n) is 6.07. The van der Waals surface area contributed by atoms with Crippen LogP contribution in [0.25, 0.3) is 0 Å². The van der Waals surface area contributed by atoms with Gasteiger partial charge in [-0.1, -0.05) is 35.1 Å². The summed E-state index contributed by atoms with van der Waals surface area (Å²) in [4.78, 5) is 15.9. The number of pyridine rings is 4. The number of thiocyanates is 2. The van der Waals surface area contributed by atoms with Gasteiger partial charge in [-0.3, -0.25) is 19.9 Å². The Morgan fingerprint density at radius 3 is 0.714 bits per heavy atom. The van der Waals surface area contributed by atoms with Gasteiger partial charge in [-0.25, -0.2) is 10.5 Å². The number of nitrogens with zero attached hydrogens (tertiary/aromatic N) is 6. The number of rotatable bonds is 0. The molecule has 4 rings (SSSR count). The molecule has 4 aromatic heterocycles. The van der Waals surface area contributed by atoms with Crippen LogP contribution in [0, 0.1) is 49.0 Å². The zero-order valence-electron chi connectivity index (χ0n) is 20.1. The fourth-order valence-electron chi connectivity index (χ4n) is 1.79. The van der Waals surface area contributed by atoms with Gasteiger partial charge < -0.3 is 25.3 Å². The molecule has 6 nitrogen and oxygen atoms in total. The molecule has 0 fully saturated rings. The molecular weight excluding hydrogens is 519 g/mol. The summed E-state index contributed by atoms with van der Waals surface area (Å²) in [6.45, 7) is 7.89. The van der Waals surface area contributed by atoms with E-state index in [1.807, 2.05) is 100 Å². The SMILES string of the molecule is Cc1ccccn1.Cc1ccccn1.Cc1ccccn1.Cc1ccccn1.N#C[S-].N#C[S-].[Co+2]. The molecule has 9 heteroatoms. The summed E-state index contributed by atoms with van der Waals surface area (Å²) in [5.41, 5.74) is 4.29. The van der Waals surface area contributed by atoms with E-state index in [9.17, 15) is 0 Å². The monoisotopic (exact) mass is 547 g/mol. The maximum Gasteiger partial charge on any atom is 2.00 e. The van der Waals surface area contributed by atoms with Crippen molar-refractivity contribution in [1.82, 2.24) is 19.9 Å². The number of aryl methyl sites for hydroxylation is 4. The summed E-state index contributed by atoms with van der Waals surface area (Å²) in [6, 6.07) is 23.4. The van der Waals surface area contributed by atoms with Crippen LogP contribution < -0.4 is 0 Å². The van der Waals surface area contributed by atoms with Crippen LogP contribution in [0.5, 0.6) is 0 Å². The molecule has 0 saturated carbocycles. The van der Waals surface area contributed by atoms with Crippen LogP contribution in [0.3, 0.4) is 0 Å². The summed E-state index contributed by atoms with van der Waals surface area (Å²) >= 11 is 7.40. The van der Waals surface area contributed by atoms with Crippen molar-refractivity contribution in [2.24, 2.45) is 0 Å². The number of hydrogen-bond acceptors (Lipinski definition) is 8. The summed E-state index contributed by atoms with van der Waals surface area (Å²) in [5.74, 6) is 0. The Balaban J connectivity index is -0.000000360. The van der Waals surface area contributed by atoms with Gasteiger partial charge in [0.25, 0.3) is 0 Å². The van der Waals surface area contributed by atoms with Gasteiger partial charge in [-0.15, -0.1) is 0 Å². The average molecular weight is 548 g/mol. The first kappa shape index (κ1) is 36.1. The first-order valence-electron chi connectivity index (χ1n) is 9.94. The largest absolute Gasteiger partial charge is 2.00 e. The number of nitriles is 2. The van der Waals surface area contributed by atoms with Crippen LogP contribution in [-0.4, -0.2) is 19.9 Å². The third-order valence-corrected chi connectivity index (χ3v) is 3.25. The minimum Gasteiger partial charge on any atom is -0.696 e. The third-order valence-electron chi connectivity index (χ3n) is 3.25. The summed E-state index contributed by atoms with van der Waals surface area (Å²) in [5, 5.41) is 16.9. The van der Waals surface area contributed by atoms with Crippen LogP contribution in [0.2, 0.25) is 0 Å². The molecule has 4 heterocycles. The fraction of sp³-hybridized carbons (Fsp3) is 0.154. The Morgan fingerprint density at radius 2 is 0.657 bits per heavy atom. The van der Waals surface area contributed by atoms with Gasteiger partial charge in [0.1, 0.15) is 0 Å². The van der Waals surface area contributed by atoms with Crippen LogP contribution in [0.1, 0.15) is 22.8 Å². The van der Waals surface area contributed by atoms with Crippen molar-refractivity contribution in [3.63, 3.8) is 0 Å². The van der Waals surface area contributed by atoms with Gasteiger partial charge in [0.05, 0.1) is 0 Å². The van der Waals surface area contributed by atoms with E-state index in [-0.39, 0.29) is 16.8 Å². The molecule has 0 aliphatic rings. The van der Waals surface area contributed by atoms with E-state index in [4.69, 9.17) is 10.5 Å². The molecule has 1 radical (unpaired) electrons. The molecule has 0 unspecified atom stereocenters. The molecule has 35 heavy (non-hydrogen) atoms. The molecule has 4 aromatic rings. The van der Waals surface area contributed by atoms with Crippen molar-refractivity contribution in [3.05, 3.63) is 120 Å². The topological polar surface area (TPSA) is 99.1 Å². The molecule has 0 atom stereocenters. The third kappa shape index (κ3) is 30.5. The Labute approximate surface area is 230 Å². The molecule has 0 N–H and O–H groups in total. The van der Waals surface area contributed by atoms with E-state index in [2.05, 4.69) is 45.2 Å². The van der Waals surface area contributed by atoms with Crippen molar-refractivity contribution >= 4 is 25.3 Å². The van der Waals surface area contributed by atoms with Crippen LogP contribution in [0.4, 0.5) is 0 Å². The Bertz CT molecular complexity index is 865. The van der Waals surface area contributed by atoms with Gasteiger partial charge in [-0.05, 0) is 76.2 Å². The van der Waals surface area contributed by atoms with E-state index in [0.717, 1.165) is 22.8 Å². The van der Waals surface area contributed by atoms with Gasteiger partial charge in [0.15, 0.2) is 0 Å². The molecule has 0 aromatic carbocycles. The van der Waals surface area contributed by atoms with Gasteiger partial charge in [0, 0.05) is 47.6 Å². The zero-order chi connectivity index (χ0) is 25.9. The Morgan fingerprint density at radius 1 is 0.486 bits per heavy atom. The number of hydrogen-bond donors (Lipinski definition) is 0. The van der Waals surface area contributed by atoms with Crippen molar-refractivity contribution in [1.29, 1.82) is 10.5 Å². The molecule has 0 saturated heterocycles. The summed E-state index contributed by atoms with van der Waals surface area (Å²) in [6.07, 6.45) is 7.15. The molecule has 0 amide bonds. The molecular formula is C26H28CoN6S2. The van der Waals surface area contributed by atoms with Crippen molar-refractivity contribution < 1.29 is 16.8 Å². The van der Waals surface area contributed by atoms with Crippen LogP contribution >= 0.6 is 0 Å². The molecule has 183 valence electrons. The molecule has 0 spiro atoms. The van der Waals surface area contributed by atoms with Gasteiger partial charge in [-0.2, -0.15) is 0 Å². The Hall–Kier alpha value is -3.47. The average Bonchev–Trinajstić information content (AvgIpc) is 2.83. The van der Waals surface area contributed by atoms with Crippen molar-refractivity contribution in [2.45, 2.75) is 27.7 Å². The van der Waals surface area contributed by atoms with E-state index < -0.39 is 0 Å². The van der Waals surface area contributed by atoms with E-state index in [0.29, 0.717) is 0 Å². The second kappa shape index (κ2) is 28.6. The zero-order valence-corrected chi connectivity index (χ0v) is 22.7. The first-order valence-corrected chi connectivity index (χ1v) is 10.8. The van der Waals surface area contributed by atoms with Crippen LogP contribution in [0.15, 0.2) is 97.6 Å². The van der Waals surface area contributed by atoms with Crippen molar-refractivity contribution in [2.75, 3.05) is 0 Å². The quantitative estimate of drug-likeness (QED) is 0.208. The summed E-state index contributed by atoms with van der Waals surface area (Å²) < 4.78 is 0. The standard InChI is InChI=1S/4C6H7N.2CHNS.Co/c4*1-6-4-2-3-5-7-6;2*2-1-3;/h4*2-5H,1H3;2*3H;/q;;;;;;+2/p-2. The minimum absolute atomic E-state index is 0. The molecule has 0 aliphatic heterocycles. The fourth-order valence-corrected chi connectivity index (χ4v) is 1.79. The van der Waals surface area contributed by atoms with E-state index in [1.54, 1.807) is 24.8 Å². The van der Waals surface area contributed by atoms with E-state index >= 15 is 0 Å². The summed E-state index contributed by atoms with van der Waals surface area (Å²) in [7, 11) is 0. The van der Waals surface area contributed by atoms with Crippen molar-refractivity contribution in [3.8, 4) is 10.8 Å². The van der Waals surface area contributed by atoms with E-state index in [1.165, 1.54) is 10.8 Å². The second-order valence-corrected chi connectivity index (χ2v) is 6.43. The molecule has 0 bridgehead atoms. The molecule has 0 aliphatic carbocycles. The first-order chi connectivity index (χ1) is 16.4. The predicted octanol–water partition coefficient (Wildman–Crippen LogP) is 5.59. The maximum atomic E-state index is 7.13.